The minimum Gasteiger partial charge on any atom is -0.457 e. The van der Waals surface area contributed by atoms with Crippen molar-refractivity contribution in [1.29, 1.82) is 0 Å². The summed E-state index contributed by atoms with van der Waals surface area (Å²) >= 11 is 13.8. The Hall–Kier alpha value is -1.52. The number of hydrogen-bond donors (Lipinski definition) is 1. The molecule has 0 aliphatic carbocycles. The predicted octanol–water partition coefficient (Wildman–Crippen LogP) is 6.32. The largest absolute Gasteiger partial charge is 0.457 e. The lowest BCUT2D eigenvalue weighted by atomic mass is 10.1. The van der Waals surface area contributed by atoms with E-state index in [4.69, 9.17) is 33.7 Å². The standard InChI is InChI=1S/C19H17Cl2NOS/c1-12-2-7-19(24-12)14-3-6-18(13(10-14)8-9-22)23-15-4-5-16(20)17(21)11-15/h2-7,10-11H,8-9,22H2,1H3. The number of nitrogens with two attached hydrogens (primary N) is 1. The summed E-state index contributed by atoms with van der Waals surface area (Å²) in [4.78, 5) is 2.54. The van der Waals surface area contributed by atoms with E-state index < -0.39 is 0 Å². The molecule has 2 nitrogen and oxygen atoms in total. The van der Waals surface area contributed by atoms with E-state index in [0.717, 1.165) is 17.7 Å². The van der Waals surface area contributed by atoms with Gasteiger partial charge in [-0.2, -0.15) is 0 Å². The molecular formula is C19H17Cl2NOS. The smallest absolute Gasteiger partial charge is 0.130 e. The molecule has 0 fully saturated rings. The zero-order valence-electron chi connectivity index (χ0n) is 13.2. The van der Waals surface area contributed by atoms with Crippen molar-refractivity contribution in [2.75, 3.05) is 6.54 Å². The Morgan fingerprint density at radius 1 is 1.00 bits per heavy atom. The summed E-state index contributed by atoms with van der Waals surface area (Å²) < 4.78 is 6.00. The lowest BCUT2D eigenvalue weighted by molar-refractivity contribution is 0.476. The molecule has 0 bridgehead atoms. The molecule has 5 heteroatoms. The minimum absolute atomic E-state index is 0.472. The third-order valence-corrected chi connectivity index (χ3v) is 5.41. The zero-order chi connectivity index (χ0) is 17.1. The minimum atomic E-state index is 0.472. The van der Waals surface area contributed by atoms with Gasteiger partial charge in [0, 0.05) is 15.8 Å². The predicted molar refractivity (Wildman–Crippen MR) is 104 cm³/mol. The number of halogens is 2. The van der Waals surface area contributed by atoms with Crippen molar-refractivity contribution in [3.8, 4) is 21.9 Å². The lowest BCUT2D eigenvalue weighted by Gasteiger charge is -2.13. The molecule has 3 rings (SSSR count). The van der Waals surface area contributed by atoms with Gasteiger partial charge in [-0.3, -0.25) is 0 Å². The fourth-order valence-corrected chi connectivity index (χ4v) is 3.59. The molecule has 2 N–H and O–H groups in total. The Morgan fingerprint density at radius 3 is 2.50 bits per heavy atom. The van der Waals surface area contributed by atoms with E-state index in [1.807, 2.05) is 6.07 Å². The molecule has 0 saturated heterocycles. The van der Waals surface area contributed by atoms with Gasteiger partial charge in [-0.05, 0) is 73.5 Å². The molecule has 0 spiro atoms. The summed E-state index contributed by atoms with van der Waals surface area (Å²) in [6.45, 7) is 2.67. The summed E-state index contributed by atoms with van der Waals surface area (Å²) in [5, 5.41) is 0.981. The average molecular weight is 378 g/mol. The monoisotopic (exact) mass is 377 g/mol. The molecule has 24 heavy (non-hydrogen) atoms. The van der Waals surface area contributed by atoms with Crippen LogP contribution in [-0.2, 0) is 6.42 Å². The molecule has 124 valence electrons. The first-order valence-corrected chi connectivity index (χ1v) is 9.17. The maximum absolute atomic E-state index is 6.06. The third kappa shape index (κ3) is 3.93. The van der Waals surface area contributed by atoms with Gasteiger partial charge >= 0.3 is 0 Å². The molecule has 0 aliphatic heterocycles. The first-order chi connectivity index (χ1) is 11.6. The topological polar surface area (TPSA) is 35.2 Å². The van der Waals surface area contributed by atoms with Crippen LogP contribution in [0, 0.1) is 6.92 Å². The highest BCUT2D eigenvalue weighted by atomic mass is 35.5. The average Bonchev–Trinajstić information content (AvgIpc) is 2.99. The molecule has 3 aromatic rings. The van der Waals surface area contributed by atoms with E-state index in [0.29, 0.717) is 22.3 Å². The third-order valence-electron chi connectivity index (χ3n) is 3.62. The lowest BCUT2D eigenvalue weighted by Crippen LogP contribution is -2.04. The van der Waals surface area contributed by atoms with Gasteiger partial charge in [0.25, 0.3) is 0 Å². The van der Waals surface area contributed by atoms with Crippen molar-refractivity contribution in [2.24, 2.45) is 5.73 Å². The molecule has 1 heterocycles. The number of rotatable bonds is 5. The SMILES string of the molecule is Cc1ccc(-c2ccc(Oc3ccc(Cl)c(Cl)c3)c(CCN)c2)s1. The second kappa shape index (κ2) is 7.58. The molecule has 0 unspecified atom stereocenters. The molecule has 0 aliphatic rings. The molecule has 0 amide bonds. The van der Waals surface area contributed by atoms with Gasteiger partial charge < -0.3 is 10.5 Å². The van der Waals surface area contributed by atoms with E-state index in [1.165, 1.54) is 15.3 Å². The first kappa shape index (κ1) is 17.3. The van der Waals surface area contributed by atoms with Crippen LogP contribution in [0.1, 0.15) is 10.4 Å². The van der Waals surface area contributed by atoms with E-state index >= 15 is 0 Å². The molecule has 0 radical (unpaired) electrons. The van der Waals surface area contributed by atoms with E-state index in [9.17, 15) is 0 Å². The van der Waals surface area contributed by atoms with Gasteiger partial charge in [-0.1, -0.05) is 23.2 Å². The van der Waals surface area contributed by atoms with Gasteiger partial charge in [-0.15, -0.1) is 11.3 Å². The Labute approximate surface area is 155 Å². The normalized spacial score (nSPS) is 10.8. The maximum Gasteiger partial charge on any atom is 0.130 e. The van der Waals surface area contributed by atoms with E-state index in [1.54, 1.807) is 29.5 Å². The van der Waals surface area contributed by atoms with Crippen molar-refractivity contribution >= 4 is 34.5 Å². The highest BCUT2D eigenvalue weighted by molar-refractivity contribution is 7.15. The maximum atomic E-state index is 6.06. The first-order valence-electron chi connectivity index (χ1n) is 7.59. The van der Waals surface area contributed by atoms with Crippen LogP contribution in [0.25, 0.3) is 10.4 Å². The summed E-state index contributed by atoms with van der Waals surface area (Å²) in [5.41, 5.74) is 8.02. The van der Waals surface area contributed by atoms with Gasteiger partial charge in [0.2, 0.25) is 0 Å². The summed E-state index contributed by atoms with van der Waals surface area (Å²) in [5.74, 6) is 1.44. The quantitative estimate of drug-likeness (QED) is 0.564. The van der Waals surface area contributed by atoms with E-state index in [-0.39, 0.29) is 0 Å². The van der Waals surface area contributed by atoms with Crippen LogP contribution in [0.3, 0.4) is 0 Å². The number of benzene rings is 2. The second-order valence-electron chi connectivity index (χ2n) is 5.45. The number of aryl methyl sites for hydroxylation is 1. The fourth-order valence-electron chi connectivity index (χ4n) is 2.44. The van der Waals surface area contributed by atoms with Gasteiger partial charge in [0.15, 0.2) is 0 Å². The fraction of sp³-hybridized carbons (Fsp3) is 0.158. The molecule has 0 saturated carbocycles. The van der Waals surface area contributed by atoms with Crippen LogP contribution in [0.15, 0.2) is 48.5 Å². The Kier molecular flexibility index (Phi) is 5.47. The molecule has 0 atom stereocenters. The Bertz CT molecular complexity index is 860. The zero-order valence-corrected chi connectivity index (χ0v) is 15.5. The van der Waals surface area contributed by atoms with Gasteiger partial charge in [0.1, 0.15) is 11.5 Å². The molecule has 2 aromatic carbocycles. The summed E-state index contributed by atoms with van der Waals surface area (Å²) in [7, 11) is 0. The Morgan fingerprint density at radius 2 is 1.83 bits per heavy atom. The summed E-state index contributed by atoms with van der Waals surface area (Å²) in [6.07, 6.45) is 0.745. The Balaban J connectivity index is 1.93. The van der Waals surface area contributed by atoms with Crippen molar-refractivity contribution in [3.05, 3.63) is 69.0 Å². The summed E-state index contributed by atoms with van der Waals surface area (Å²) in [6, 6.07) is 15.7. The molecular weight excluding hydrogens is 361 g/mol. The van der Waals surface area contributed by atoms with Crippen LogP contribution in [0.5, 0.6) is 11.5 Å². The van der Waals surface area contributed by atoms with Crippen LogP contribution in [0.2, 0.25) is 10.0 Å². The number of thiophene rings is 1. The number of ether oxygens (including phenoxy) is 1. The van der Waals surface area contributed by atoms with Crippen LogP contribution >= 0.6 is 34.5 Å². The van der Waals surface area contributed by atoms with Crippen molar-refractivity contribution in [3.63, 3.8) is 0 Å². The highest BCUT2D eigenvalue weighted by Crippen LogP contribution is 2.35. The van der Waals surface area contributed by atoms with Crippen molar-refractivity contribution in [1.82, 2.24) is 0 Å². The van der Waals surface area contributed by atoms with Crippen LogP contribution < -0.4 is 10.5 Å². The van der Waals surface area contributed by atoms with Crippen molar-refractivity contribution < 1.29 is 4.74 Å². The van der Waals surface area contributed by atoms with Crippen LogP contribution in [-0.4, -0.2) is 6.54 Å². The van der Waals surface area contributed by atoms with Gasteiger partial charge in [-0.25, -0.2) is 0 Å². The van der Waals surface area contributed by atoms with E-state index in [2.05, 4.69) is 31.2 Å². The molecule has 1 aromatic heterocycles. The van der Waals surface area contributed by atoms with Gasteiger partial charge in [0.05, 0.1) is 10.0 Å². The highest BCUT2D eigenvalue weighted by Gasteiger charge is 2.10. The van der Waals surface area contributed by atoms with Crippen molar-refractivity contribution in [2.45, 2.75) is 13.3 Å². The second-order valence-corrected chi connectivity index (χ2v) is 7.55. The van der Waals surface area contributed by atoms with Crippen LogP contribution in [0.4, 0.5) is 0 Å². The number of hydrogen-bond acceptors (Lipinski definition) is 3.